The first-order chi connectivity index (χ1) is 8.16. The fourth-order valence-electron chi connectivity index (χ4n) is 2.18. The first-order valence-corrected chi connectivity index (χ1v) is 5.76. The van der Waals surface area contributed by atoms with Gasteiger partial charge in [-0.15, -0.1) is 0 Å². The van der Waals surface area contributed by atoms with Crippen LogP contribution in [0.2, 0.25) is 0 Å². The van der Waals surface area contributed by atoms with E-state index in [9.17, 15) is 4.79 Å². The van der Waals surface area contributed by atoms with Crippen molar-refractivity contribution < 1.29 is 4.79 Å². The van der Waals surface area contributed by atoms with Crippen LogP contribution in [0.3, 0.4) is 0 Å². The Balaban J connectivity index is 2.55. The fraction of sp³-hybridized carbons (Fsp3) is 0.188. The largest absolute Gasteiger partial charge is 0.298 e. The van der Waals surface area contributed by atoms with Crippen molar-refractivity contribution >= 4 is 6.29 Å². The van der Waals surface area contributed by atoms with Gasteiger partial charge in [0, 0.05) is 11.0 Å². The predicted molar refractivity (Wildman–Crippen MR) is 70.4 cm³/mol. The molecule has 1 heteroatoms. The van der Waals surface area contributed by atoms with Crippen molar-refractivity contribution in [2.24, 2.45) is 0 Å². The topological polar surface area (TPSA) is 17.1 Å². The zero-order chi connectivity index (χ0) is 12.3. The second kappa shape index (κ2) is 4.54. The second-order valence-electron chi connectivity index (χ2n) is 4.70. The number of benzene rings is 2. The lowest BCUT2D eigenvalue weighted by Gasteiger charge is -2.27. The molecule has 0 aliphatic heterocycles. The summed E-state index contributed by atoms with van der Waals surface area (Å²) in [5.74, 6) is 0. The maximum atomic E-state index is 11.1. The molecular formula is C16H16O. The number of rotatable bonds is 3. The quantitative estimate of drug-likeness (QED) is 0.724. The van der Waals surface area contributed by atoms with Crippen molar-refractivity contribution in [3.8, 4) is 0 Å². The summed E-state index contributed by atoms with van der Waals surface area (Å²) < 4.78 is 0. The lowest BCUT2D eigenvalue weighted by molar-refractivity contribution is 0.112. The zero-order valence-corrected chi connectivity index (χ0v) is 10.2. The van der Waals surface area contributed by atoms with Crippen LogP contribution in [-0.4, -0.2) is 6.29 Å². The van der Waals surface area contributed by atoms with Crippen molar-refractivity contribution in [1.82, 2.24) is 0 Å². The van der Waals surface area contributed by atoms with Crippen molar-refractivity contribution in [3.05, 3.63) is 71.3 Å². The molecular weight excluding hydrogens is 208 g/mol. The molecule has 0 N–H and O–H groups in total. The van der Waals surface area contributed by atoms with Gasteiger partial charge >= 0.3 is 0 Å². The van der Waals surface area contributed by atoms with E-state index in [0.29, 0.717) is 0 Å². The molecule has 0 radical (unpaired) electrons. The molecule has 0 aromatic heterocycles. The van der Waals surface area contributed by atoms with E-state index in [1.807, 2.05) is 42.5 Å². The average molecular weight is 224 g/mol. The third kappa shape index (κ3) is 2.14. The van der Waals surface area contributed by atoms with Crippen LogP contribution in [0, 0.1) is 0 Å². The Kier molecular flexibility index (Phi) is 3.10. The highest BCUT2D eigenvalue weighted by molar-refractivity contribution is 5.78. The minimum atomic E-state index is -0.154. The summed E-state index contributed by atoms with van der Waals surface area (Å²) in [5.41, 5.74) is 2.90. The lowest BCUT2D eigenvalue weighted by atomic mass is 9.76. The molecule has 86 valence electrons. The molecule has 0 bridgehead atoms. The Bertz CT molecular complexity index is 512. The van der Waals surface area contributed by atoms with Gasteiger partial charge in [-0.25, -0.2) is 0 Å². The van der Waals surface area contributed by atoms with Crippen LogP contribution < -0.4 is 0 Å². The van der Waals surface area contributed by atoms with Gasteiger partial charge in [0.05, 0.1) is 0 Å². The molecule has 0 aliphatic carbocycles. The Hall–Kier alpha value is -1.89. The molecule has 0 amide bonds. The van der Waals surface area contributed by atoms with Crippen molar-refractivity contribution in [3.63, 3.8) is 0 Å². The monoisotopic (exact) mass is 224 g/mol. The molecule has 2 aromatic rings. The van der Waals surface area contributed by atoms with Crippen LogP contribution in [-0.2, 0) is 5.41 Å². The van der Waals surface area contributed by atoms with Crippen LogP contribution in [0.15, 0.2) is 54.6 Å². The van der Waals surface area contributed by atoms with Gasteiger partial charge in [-0.1, -0.05) is 68.4 Å². The van der Waals surface area contributed by atoms with Gasteiger partial charge in [0.15, 0.2) is 0 Å². The van der Waals surface area contributed by atoms with E-state index in [4.69, 9.17) is 0 Å². The molecule has 17 heavy (non-hydrogen) atoms. The summed E-state index contributed by atoms with van der Waals surface area (Å²) >= 11 is 0. The maximum Gasteiger partial charge on any atom is 0.150 e. The van der Waals surface area contributed by atoms with Gasteiger partial charge in [-0.2, -0.15) is 0 Å². The van der Waals surface area contributed by atoms with E-state index in [0.717, 1.165) is 17.4 Å². The lowest BCUT2D eigenvalue weighted by Crippen LogP contribution is -2.20. The molecule has 0 fully saturated rings. The van der Waals surface area contributed by atoms with Gasteiger partial charge in [-0.3, -0.25) is 4.79 Å². The normalized spacial score (nSPS) is 11.2. The van der Waals surface area contributed by atoms with E-state index in [1.54, 1.807) is 0 Å². The summed E-state index contributed by atoms with van der Waals surface area (Å²) in [5, 5.41) is 0. The summed E-state index contributed by atoms with van der Waals surface area (Å²) in [7, 11) is 0. The Morgan fingerprint density at radius 1 is 0.882 bits per heavy atom. The molecule has 0 spiro atoms. The van der Waals surface area contributed by atoms with E-state index in [-0.39, 0.29) is 5.41 Å². The molecule has 0 saturated carbocycles. The molecule has 0 heterocycles. The van der Waals surface area contributed by atoms with Crippen molar-refractivity contribution in [2.45, 2.75) is 19.3 Å². The van der Waals surface area contributed by atoms with Crippen molar-refractivity contribution in [2.75, 3.05) is 0 Å². The average Bonchev–Trinajstić information content (AvgIpc) is 2.39. The third-order valence-electron chi connectivity index (χ3n) is 3.26. The van der Waals surface area contributed by atoms with E-state index < -0.39 is 0 Å². The predicted octanol–water partition coefficient (Wildman–Crippen LogP) is 3.83. The van der Waals surface area contributed by atoms with Gasteiger partial charge in [0.1, 0.15) is 6.29 Å². The van der Waals surface area contributed by atoms with Gasteiger partial charge in [0.2, 0.25) is 0 Å². The molecule has 0 atom stereocenters. The Labute approximate surface area is 102 Å². The minimum Gasteiger partial charge on any atom is -0.298 e. The van der Waals surface area contributed by atoms with Crippen molar-refractivity contribution in [1.29, 1.82) is 0 Å². The molecule has 0 saturated heterocycles. The highest BCUT2D eigenvalue weighted by Crippen LogP contribution is 2.32. The van der Waals surface area contributed by atoms with Gasteiger partial charge in [0.25, 0.3) is 0 Å². The molecule has 2 aromatic carbocycles. The highest BCUT2D eigenvalue weighted by Gasteiger charge is 2.24. The number of hydrogen-bond acceptors (Lipinski definition) is 1. The number of carbonyl (C=O) groups excluding carboxylic acids is 1. The Morgan fingerprint density at radius 3 is 2.12 bits per heavy atom. The third-order valence-corrected chi connectivity index (χ3v) is 3.26. The summed E-state index contributed by atoms with van der Waals surface area (Å²) in [4.78, 5) is 11.1. The first kappa shape index (κ1) is 11.6. The van der Waals surface area contributed by atoms with Crippen LogP contribution in [0.5, 0.6) is 0 Å². The van der Waals surface area contributed by atoms with Crippen LogP contribution in [0.4, 0.5) is 0 Å². The fourth-order valence-corrected chi connectivity index (χ4v) is 2.18. The highest BCUT2D eigenvalue weighted by atomic mass is 16.1. The molecule has 0 unspecified atom stereocenters. The summed E-state index contributed by atoms with van der Waals surface area (Å²) in [6.45, 7) is 4.29. The SMILES string of the molecule is CC(C)(c1ccccc1)c1ccccc1C=O. The Morgan fingerprint density at radius 2 is 1.47 bits per heavy atom. The number of hydrogen-bond donors (Lipinski definition) is 0. The minimum absolute atomic E-state index is 0.154. The van der Waals surface area contributed by atoms with Crippen LogP contribution >= 0.6 is 0 Å². The van der Waals surface area contributed by atoms with E-state index in [1.165, 1.54) is 5.56 Å². The van der Waals surface area contributed by atoms with Crippen LogP contribution in [0.1, 0.15) is 35.3 Å². The summed E-state index contributed by atoms with van der Waals surface area (Å²) in [6, 6.07) is 18.0. The zero-order valence-electron chi connectivity index (χ0n) is 10.2. The number of aldehydes is 1. The van der Waals surface area contributed by atoms with E-state index in [2.05, 4.69) is 26.0 Å². The maximum absolute atomic E-state index is 11.1. The molecule has 1 nitrogen and oxygen atoms in total. The standard InChI is InChI=1S/C16H16O/c1-16(2,14-9-4-3-5-10-14)15-11-7-6-8-13(15)12-17/h3-12H,1-2H3. The smallest absolute Gasteiger partial charge is 0.150 e. The van der Waals surface area contributed by atoms with Crippen LogP contribution in [0.25, 0.3) is 0 Å². The summed E-state index contributed by atoms with van der Waals surface area (Å²) in [6.07, 6.45) is 0.931. The number of carbonyl (C=O) groups is 1. The second-order valence-corrected chi connectivity index (χ2v) is 4.70. The molecule has 0 aliphatic rings. The molecule has 2 rings (SSSR count). The van der Waals surface area contributed by atoms with E-state index >= 15 is 0 Å². The first-order valence-electron chi connectivity index (χ1n) is 5.76. The van der Waals surface area contributed by atoms with Gasteiger partial charge in [-0.05, 0) is 11.1 Å². The van der Waals surface area contributed by atoms with Gasteiger partial charge < -0.3 is 0 Å².